The van der Waals surface area contributed by atoms with Crippen molar-refractivity contribution in [2.24, 2.45) is 0 Å². The van der Waals surface area contributed by atoms with Gasteiger partial charge < -0.3 is 15.0 Å². The van der Waals surface area contributed by atoms with Crippen molar-refractivity contribution in [1.29, 1.82) is 0 Å². The van der Waals surface area contributed by atoms with Crippen molar-refractivity contribution in [3.8, 4) is 0 Å². The summed E-state index contributed by atoms with van der Waals surface area (Å²) in [6.45, 7) is 6.04. The Morgan fingerprint density at radius 2 is 1.93 bits per heavy atom. The zero-order valence-corrected chi connectivity index (χ0v) is 16.9. The van der Waals surface area contributed by atoms with Crippen LogP contribution in [-0.4, -0.2) is 29.3 Å². The van der Waals surface area contributed by atoms with Gasteiger partial charge in [-0.05, 0) is 30.2 Å². The van der Waals surface area contributed by atoms with Crippen molar-refractivity contribution in [3.63, 3.8) is 0 Å². The summed E-state index contributed by atoms with van der Waals surface area (Å²) in [7, 11) is 1.34. The standard InChI is InChI=1S/C20H23N3O3S/c1-10(2)12-6-8-13(9-7-12)15-14(19(25)26-4)11(3)21-17-16(15)18(24)23-20(22-17)27-5/h6-10,15H,1-5H3,(H2,21,22,23,24). The van der Waals surface area contributed by atoms with E-state index in [1.807, 2.05) is 30.5 Å². The molecule has 1 aliphatic rings. The quantitative estimate of drug-likeness (QED) is 0.475. The number of thioether (sulfide) groups is 1. The number of hydrogen-bond donors (Lipinski definition) is 2. The Balaban J connectivity index is 2.24. The molecule has 0 saturated carbocycles. The molecule has 2 heterocycles. The van der Waals surface area contributed by atoms with Gasteiger partial charge in [0.25, 0.3) is 5.56 Å². The van der Waals surface area contributed by atoms with E-state index < -0.39 is 11.9 Å². The Morgan fingerprint density at radius 3 is 2.48 bits per heavy atom. The molecule has 142 valence electrons. The lowest BCUT2D eigenvalue weighted by Gasteiger charge is -2.28. The molecular weight excluding hydrogens is 362 g/mol. The van der Waals surface area contributed by atoms with Gasteiger partial charge in [0, 0.05) is 5.70 Å². The fourth-order valence-electron chi connectivity index (χ4n) is 3.31. The number of nitrogens with zero attached hydrogens (tertiary/aromatic N) is 1. The Hall–Kier alpha value is -2.54. The second-order valence-electron chi connectivity index (χ2n) is 6.75. The number of fused-ring (bicyclic) bond motifs is 1. The highest BCUT2D eigenvalue weighted by atomic mass is 32.2. The molecule has 0 fully saturated rings. The van der Waals surface area contributed by atoms with Crippen LogP contribution in [0.15, 0.2) is 45.5 Å². The lowest BCUT2D eigenvalue weighted by Crippen LogP contribution is -2.30. The van der Waals surface area contributed by atoms with Gasteiger partial charge in [0.15, 0.2) is 5.16 Å². The Bertz CT molecular complexity index is 961. The third-order valence-electron chi connectivity index (χ3n) is 4.76. The van der Waals surface area contributed by atoms with E-state index >= 15 is 0 Å². The number of hydrogen-bond acceptors (Lipinski definition) is 6. The lowest BCUT2D eigenvalue weighted by atomic mass is 9.82. The Labute approximate surface area is 162 Å². The molecule has 0 aliphatic carbocycles. The van der Waals surface area contributed by atoms with E-state index in [0.29, 0.717) is 33.7 Å². The SMILES string of the molecule is COC(=O)C1=C(C)Nc2nc(SC)[nH]c(=O)c2C1c1ccc(C(C)C)cc1. The molecular formula is C20H23N3O3S. The van der Waals surface area contributed by atoms with Gasteiger partial charge in [-0.2, -0.15) is 0 Å². The number of allylic oxidation sites excluding steroid dienone is 1. The van der Waals surface area contributed by atoms with Gasteiger partial charge in [0.05, 0.1) is 24.2 Å². The van der Waals surface area contributed by atoms with Crippen molar-refractivity contribution in [2.45, 2.75) is 37.8 Å². The summed E-state index contributed by atoms with van der Waals surface area (Å²) >= 11 is 1.36. The zero-order valence-electron chi connectivity index (χ0n) is 16.0. The van der Waals surface area contributed by atoms with Crippen LogP contribution in [0.3, 0.4) is 0 Å². The highest BCUT2D eigenvalue weighted by molar-refractivity contribution is 7.98. The van der Waals surface area contributed by atoms with Crippen LogP contribution in [0.2, 0.25) is 0 Å². The average Bonchev–Trinajstić information content (AvgIpc) is 2.66. The summed E-state index contributed by atoms with van der Waals surface area (Å²) in [6, 6.07) is 7.99. The predicted octanol–water partition coefficient (Wildman–Crippen LogP) is 3.62. The summed E-state index contributed by atoms with van der Waals surface area (Å²) in [5.74, 6) is -0.129. The number of H-pyrrole nitrogens is 1. The number of methoxy groups -OCH3 is 1. The van der Waals surface area contributed by atoms with Gasteiger partial charge in [-0.25, -0.2) is 9.78 Å². The second kappa shape index (κ2) is 7.60. The lowest BCUT2D eigenvalue weighted by molar-refractivity contribution is -0.136. The molecule has 3 rings (SSSR count). The molecule has 7 heteroatoms. The molecule has 27 heavy (non-hydrogen) atoms. The maximum absolute atomic E-state index is 12.8. The first-order valence-electron chi connectivity index (χ1n) is 8.71. The largest absolute Gasteiger partial charge is 0.466 e. The number of benzene rings is 1. The van der Waals surface area contributed by atoms with Crippen LogP contribution in [0.1, 0.15) is 49.3 Å². The smallest absolute Gasteiger partial charge is 0.336 e. The second-order valence-corrected chi connectivity index (χ2v) is 7.54. The van der Waals surface area contributed by atoms with Crippen molar-refractivity contribution in [1.82, 2.24) is 9.97 Å². The van der Waals surface area contributed by atoms with Crippen molar-refractivity contribution < 1.29 is 9.53 Å². The number of ether oxygens (including phenoxy) is 1. The van der Waals surface area contributed by atoms with Gasteiger partial charge in [0.1, 0.15) is 5.82 Å². The van der Waals surface area contributed by atoms with E-state index in [1.54, 1.807) is 6.92 Å². The molecule has 0 radical (unpaired) electrons. The minimum atomic E-state index is -0.540. The molecule has 0 bridgehead atoms. The summed E-state index contributed by atoms with van der Waals surface area (Å²) in [6.07, 6.45) is 1.85. The third kappa shape index (κ3) is 3.51. The molecule has 1 atom stereocenters. The minimum absolute atomic E-state index is 0.260. The van der Waals surface area contributed by atoms with Crippen LogP contribution >= 0.6 is 11.8 Å². The number of esters is 1. The summed E-state index contributed by atoms with van der Waals surface area (Å²) in [5.41, 5.74) is 3.27. The Kier molecular flexibility index (Phi) is 5.41. The van der Waals surface area contributed by atoms with Crippen molar-refractivity contribution in [2.75, 3.05) is 18.7 Å². The number of carbonyl (C=O) groups is 1. The van der Waals surface area contributed by atoms with Crippen molar-refractivity contribution >= 4 is 23.5 Å². The van der Waals surface area contributed by atoms with E-state index in [-0.39, 0.29) is 5.56 Å². The number of anilines is 1. The molecule has 1 aromatic heterocycles. The maximum Gasteiger partial charge on any atom is 0.336 e. The molecule has 1 aliphatic heterocycles. The van der Waals surface area contributed by atoms with Crippen LogP contribution in [0.5, 0.6) is 0 Å². The molecule has 1 unspecified atom stereocenters. The maximum atomic E-state index is 12.8. The number of rotatable bonds is 4. The van der Waals surface area contributed by atoms with Gasteiger partial charge in [-0.3, -0.25) is 4.79 Å². The average molecular weight is 385 g/mol. The zero-order chi connectivity index (χ0) is 19.7. The summed E-state index contributed by atoms with van der Waals surface area (Å²) in [5, 5.41) is 3.63. The minimum Gasteiger partial charge on any atom is -0.466 e. The molecule has 0 spiro atoms. The topological polar surface area (TPSA) is 84.1 Å². The van der Waals surface area contributed by atoms with Crippen LogP contribution in [0.4, 0.5) is 5.82 Å². The van der Waals surface area contributed by atoms with E-state index in [2.05, 4.69) is 29.1 Å². The first-order chi connectivity index (χ1) is 12.9. The predicted molar refractivity (Wildman–Crippen MR) is 107 cm³/mol. The monoisotopic (exact) mass is 385 g/mol. The van der Waals surface area contributed by atoms with Gasteiger partial charge in [0.2, 0.25) is 0 Å². The van der Waals surface area contributed by atoms with Crippen LogP contribution < -0.4 is 10.9 Å². The van der Waals surface area contributed by atoms with Gasteiger partial charge in [-0.1, -0.05) is 49.9 Å². The fourth-order valence-corrected chi connectivity index (χ4v) is 3.69. The Morgan fingerprint density at radius 1 is 1.26 bits per heavy atom. The van der Waals surface area contributed by atoms with Crippen LogP contribution in [-0.2, 0) is 9.53 Å². The first kappa shape index (κ1) is 19.2. The number of aromatic nitrogens is 2. The molecule has 1 aromatic carbocycles. The molecule has 6 nitrogen and oxygen atoms in total. The van der Waals surface area contributed by atoms with E-state index in [0.717, 1.165) is 5.56 Å². The summed E-state index contributed by atoms with van der Waals surface area (Å²) in [4.78, 5) is 32.6. The van der Waals surface area contributed by atoms with E-state index in [4.69, 9.17) is 4.74 Å². The van der Waals surface area contributed by atoms with Crippen LogP contribution in [0, 0.1) is 0 Å². The summed E-state index contributed by atoms with van der Waals surface area (Å²) < 4.78 is 5.00. The third-order valence-corrected chi connectivity index (χ3v) is 5.34. The molecule has 0 amide bonds. The highest BCUT2D eigenvalue weighted by Crippen LogP contribution is 2.40. The van der Waals surface area contributed by atoms with Gasteiger partial charge >= 0.3 is 5.97 Å². The number of carbonyl (C=O) groups excluding carboxylic acids is 1. The van der Waals surface area contributed by atoms with Crippen molar-refractivity contribution in [3.05, 3.63) is 62.6 Å². The van der Waals surface area contributed by atoms with Gasteiger partial charge in [-0.15, -0.1) is 0 Å². The van der Waals surface area contributed by atoms with E-state index in [1.165, 1.54) is 24.4 Å². The number of nitrogens with one attached hydrogen (secondary N) is 2. The fraction of sp³-hybridized carbons (Fsp3) is 0.350. The number of aromatic amines is 1. The van der Waals surface area contributed by atoms with Crippen LogP contribution in [0.25, 0.3) is 0 Å². The highest BCUT2D eigenvalue weighted by Gasteiger charge is 2.36. The first-order valence-corrected chi connectivity index (χ1v) is 9.94. The normalized spacial score (nSPS) is 16.1. The van der Waals surface area contributed by atoms with E-state index in [9.17, 15) is 9.59 Å². The molecule has 2 aromatic rings. The molecule has 0 saturated heterocycles. The molecule has 2 N–H and O–H groups in total.